The minimum Gasteiger partial charge on any atom is -0.550 e. The third-order valence-electron chi connectivity index (χ3n) is 4.73. The van der Waals surface area contributed by atoms with E-state index in [2.05, 4.69) is 6.92 Å². The summed E-state index contributed by atoms with van der Waals surface area (Å²) in [6, 6.07) is 0. The molecule has 0 fully saturated rings. The van der Waals surface area contributed by atoms with Gasteiger partial charge in [0.1, 0.15) is 4.75 Å². The molecule has 0 rings (SSSR count). The van der Waals surface area contributed by atoms with Crippen LogP contribution < -0.4 is 69.3 Å². The van der Waals surface area contributed by atoms with Crippen molar-refractivity contribution in [3.63, 3.8) is 0 Å². The maximum absolute atomic E-state index is 11.4. The normalized spacial score (nSPS) is 13.1. The Labute approximate surface area is 213 Å². The Hall–Kier alpha value is 0.850. The molecule has 1 atom stereocenters. The summed E-state index contributed by atoms with van der Waals surface area (Å²) in [4.78, 5) is 21.9. The minimum atomic E-state index is -5.12. The molecule has 0 aliphatic carbocycles. The van der Waals surface area contributed by atoms with E-state index in [1.165, 1.54) is 38.5 Å². The van der Waals surface area contributed by atoms with Gasteiger partial charge in [0.25, 0.3) is 10.1 Å². The average molecular weight is 438 g/mol. The van der Waals surface area contributed by atoms with Crippen LogP contribution in [-0.2, 0) is 19.7 Å². The first-order valence-corrected chi connectivity index (χ1v) is 11.0. The number of hydrogen-bond acceptors (Lipinski definition) is 6. The smallest absolute Gasteiger partial charge is 0.550 e. The molecule has 0 saturated heterocycles. The van der Waals surface area contributed by atoms with Gasteiger partial charge in [-0.3, -0.25) is 4.55 Å². The van der Waals surface area contributed by atoms with Crippen molar-refractivity contribution in [2.24, 2.45) is 0 Å². The number of hydrogen-bond donors (Lipinski definition) is 1. The topological polar surface area (TPSA) is 135 Å². The van der Waals surface area contributed by atoms with Gasteiger partial charge in [0.05, 0.1) is 5.97 Å². The predicted molar refractivity (Wildman–Crippen MR) is 94.6 cm³/mol. The monoisotopic (exact) mass is 438 g/mol. The van der Waals surface area contributed by atoms with Crippen LogP contribution in [0, 0.1) is 0 Å². The van der Waals surface area contributed by atoms with E-state index in [9.17, 15) is 32.8 Å². The summed E-state index contributed by atoms with van der Waals surface area (Å²) >= 11 is 0. The first kappa shape index (κ1) is 33.5. The third kappa shape index (κ3) is 14.0. The molecule has 10 heteroatoms. The second-order valence-corrected chi connectivity index (χ2v) is 8.68. The second-order valence-electron chi connectivity index (χ2n) is 6.94. The number of carbonyl (C=O) groups excluding carboxylic acids is 2. The Morgan fingerprint density at radius 2 is 1.14 bits per heavy atom. The maximum Gasteiger partial charge on any atom is 1.00 e. The van der Waals surface area contributed by atoms with Crippen LogP contribution in [-0.4, -0.2) is 29.7 Å². The van der Waals surface area contributed by atoms with Crippen LogP contribution in [0.1, 0.15) is 96.8 Å². The van der Waals surface area contributed by atoms with Crippen LogP contribution in [0.2, 0.25) is 0 Å². The molecule has 0 aliphatic rings. The van der Waals surface area contributed by atoms with Gasteiger partial charge in [-0.15, -0.1) is 0 Å². The van der Waals surface area contributed by atoms with Crippen molar-refractivity contribution < 1.29 is 91.9 Å². The summed E-state index contributed by atoms with van der Waals surface area (Å²) in [5.74, 6) is -3.96. The number of carbonyl (C=O) groups is 2. The van der Waals surface area contributed by atoms with Gasteiger partial charge < -0.3 is 19.8 Å². The Balaban J connectivity index is -0.00000312. The minimum absolute atomic E-state index is 0. The average Bonchev–Trinajstić information content (AvgIpc) is 2.53. The number of aliphatic carboxylic acids is 2. The zero-order valence-corrected chi connectivity index (χ0v) is 22.5. The van der Waals surface area contributed by atoms with Crippen LogP contribution in [0.3, 0.4) is 0 Å². The molecule has 0 amide bonds. The summed E-state index contributed by atoms with van der Waals surface area (Å²) in [5.41, 5.74) is 0. The van der Waals surface area contributed by atoms with Crippen molar-refractivity contribution in [3.8, 4) is 0 Å². The number of rotatable bonds is 17. The molecule has 1 unspecified atom stereocenters. The van der Waals surface area contributed by atoms with Gasteiger partial charge in [-0.25, -0.2) is 0 Å². The fourth-order valence-corrected chi connectivity index (χ4v) is 3.99. The van der Waals surface area contributed by atoms with Gasteiger partial charge in [-0.05, 0) is 6.42 Å². The van der Waals surface area contributed by atoms with Gasteiger partial charge in [-0.2, -0.15) is 8.42 Å². The van der Waals surface area contributed by atoms with Gasteiger partial charge >= 0.3 is 59.1 Å². The van der Waals surface area contributed by atoms with Crippen molar-refractivity contribution in [2.45, 2.75) is 102 Å². The fraction of sp³-hybridized carbons (Fsp3) is 0.889. The molecular formula is C18H32Na2O7S. The number of carboxylic acids is 2. The Kier molecular flexibility index (Phi) is 22.3. The largest absolute Gasteiger partial charge is 1.00 e. The molecular weight excluding hydrogens is 406 g/mol. The third-order valence-corrected chi connectivity index (χ3v) is 6.23. The molecule has 0 radical (unpaired) electrons. The molecule has 0 spiro atoms. The van der Waals surface area contributed by atoms with Gasteiger partial charge in [0, 0.05) is 12.4 Å². The van der Waals surface area contributed by atoms with Gasteiger partial charge in [0.15, 0.2) is 0 Å². The molecule has 0 aromatic heterocycles. The molecule has 0 aromatic rings. The van der Waals surface area contributed by atoms with Crippen molar-refractivity contribution >= 4 is 22.1 Å². The standard InChI is InChI=1S/C18H34O7S.2Na/c1-2-3-4-5-6-7-8-9-10-11-12-13-14-18(17(21)22,15-16(19)20)26(23,24)25;;/h2-15H2,1H3,(H,19,20)(H,21,22)(H,23,24,25);;/q;2*+1/p-2. The SMILES string of the molecule is CCCCCCCCCCCCCCC(CC(=O)[O-])(C(=O)[O-])S(=O)(=O)O.[Na+].[Na+]. The number of carboxylic acid groups (broad SMARTS) is 2. The first-order valence-electron chi connectivity index (χ1n) is 9.55. The van der Waals surface area contributed by atoms with Crippen molar-refractivity contribution in [2.75, 3.05) is 0 Å². The van der Waals surface area contributed by atoms with Crippen molar-refractivity contribution in [3.05, 3.63) is 0 Å². The first-order chi connectivity index (χ1) is 12.2. The van der Waals surface area contributed by atoms with E-state index < -0.39 is 39.6 Å². The molecule has 28 heavy (non-hydrogen) atoms. The second kappa shape index (κ2) is 18.6. The summed E-state index contributed by atoms with van der Waals surface area (Å²) < 4.78 is 29.2. The van der Waals surface area contributed by atoms with Crippen molar-refractivity contribution in [1.82, 2.24) is 0 Å². The fourth-order valence-electron chi connectivity index (χ4n) is 3.07. The van der Waals surface area contributed by atoms with E-state index >= 15 is 0 Å². The van der Waals surface area contributed by atoms with Crippen LogP contribution in [0.5, 0.6) is 0 Å². The van der Waals surface area contributed by atoms with E-state index in [1.807, 2.05) is 0 Å². The van der Waals surface area contributed by atoms with E-state index in [4.69, 9.17) is 0 Å². The summed E-state index contributed by atoms with van der Waals surface area (Å²) in [6.45, 7) is 2.19. The zero-order chi connectivity index (χ0) is 20.1. The van der Waals surface area contributed by atoms with E-state index in [1.54, 1.807) is 0 Å². The van der Waals surface area contributed by atoms with Gasteiger partial charge in [-0.1, -0.05) is 84.0 Å². The summed E-state index contributed by atoms with van der Waals surface area (Å²) in [5, 5.41) is 21.9. The van der Waals surface area contributed by atoms with E-state index in [0.717, 1.165) is 25.7 Å². The van der Waals surface area contributed by atoms with Crippen LogP contribution >= 0.6 is 0 Å². The Morgan fingerprint density at radius 1 is 0.786 bits per heavy atom. The van der Waals surface area contributed by atoms with E-state index in [0.29, 0.717) is 6.42 Å². The Morgan fingerprint density at radius 3 is 1.43 bits per heavy atom. The molecule has 0 heterocycles. The molecule has 0 bridgehead atoms. The molecule has 1 N–H and O–H groups in total. The van der Waals surface area contributed by atoms with Crippen LogP contribution in [0.25, 0.3) is 0 Å². The zero-order valence-electron chi connectivity index (χ0n) is 17.7. The Bertz CT molecular complexity index is 526. The molecule has 7 nitrogen and oxygen atoms in total. The molecule has 154 valence electrons. The van der Waals surface area contributed by atoms with Crippen LogP contribution in [0.15, 0.2) is 0 Å². The molecule has 0 aliphatic heterocycles. The molecule has 0 saturated carbocycles. The van der Waals surface area contributed by atoms with Gasteiger partial charge in [0.2, 0.25) is 0 Å². The number of unbranched alkanes of at least 4 members (excludes halogenated alkanes) is 11. The molecule has 0 aromatic carbocycles. The van der Waals surface area contributed by atoms with E-state index in [-0.39, 0.29) is 65.5 Å². The maximum atomic E-state index is 11.4. The van der Waals surface area contributed by atoms with Crippen LogP contribution in [0.4, 0.5) is 0 Å². The summed E-state index contributed by atoms with van der Waals surface area (Å²) in [6.07, 6.45) is 10.4. The predicted octanol–water partition coefficient (Wildman–Crippen LogP) is -4.40. The van der Waals surface area contributed by atoms with Crippen molar-refractivity contribution in [1.29, 1.82) is 0 Å². The quantitative estimate of drug-likeness (QED) is 0.138. The summed E-state index contributed by atoms with van der Waals surface area (Å²) in [7, 11) is -5.12.